The zero-order valence-electron chi connectivity index (χ0n) is 13.1. The molecule has 0 amide bonds. The van der Waals surface area contributed by atoms with E-state index in [1.807, 2.05) is 0 Å². The van der Waals surface area contributed by atoms with Crippen molar-refractivity contribution in [1.82, 2.24) is 4.90 Å². The van der Waals surface area contributed by atoms with Crippen molar-refractivity contribution in [3.63, 3.8) is 0 Å². The van der Waals surface area contributed by atoms with Gasteiger partial charge in [0.2, 0.25) is 0 Å². The molecule has 0 aromatic carbocycles. The molecule has 1 saturated carbocycles. The first-order chi connectivity index (χ1) is 9.50. The van der Waals surface area contributed by atoms with E-state index in [-0.39, 0.29) is 6.04 Å². The Morgan fingerprint density at radius 3 is 2.55 bits per heavy atom. The zero-order chi connectivity index (χ0) is 14.3. The first-order valence-electron chi connectivity index (χ1n) is 8.04. The third kappa shape index (κ3) is 2.79. The molecule has 0 spiro atoms. The zero-order valence-corrected chi connectivity index (χ0v) is 13.1. The van der Waals surface area contributed by atoms with Crippen LogP contribution in [0, 0.1) is 11.3 Å². The molecule has 2 fully saturated rings. The second-order valence-electron chi connectivity index (χ2n) is 7.51. The van der Waals surface area contributed by atoms with Crippen LogP contribution in [0.4, 0.5) is 0 Å². The van der Waals surface area contributed by atoms with E-state index in [0.29, 0.717) is 17.9 Å². The highest BCUT2D eigenvalue weighted by atomic mass is 16.3. The van der Waals surface area contributed by atoms with Gasteiger partial charge >= 0.3 is 0 Å². The van der Waals surface area contributed by atoms with Gasteiger partial charge in [0.25, 0.3) is 0 Å². The molecule has 2 aliphatic rings. The van der Waals surface area contributed by atoms with Crippen LogP contribution in [0.3, 0.4) is 0 Å². The van der Waals surface area contributed by atoms with Crippen LogP contribution >= 0.6 is 0 Å². The molecule has 3 unspecified atom stereocenters. The Hall–Kier alpha value is -0.800. The van der Waals surface area contributed by atoms with E-state index in [9.17, 15) is 0 Å². The van der Waals surface area contributed by atoms with Crippen LogP contribution in [-0.4, -0.2) is 24.5 Å². The third-order valence-corrected chi connectivity index (χ3v) is 5.27. The minimum atomic E-state index is 0.258. The summed E-state index contributed by atoms with van der Waals surface area (Å²) in [4.78, 5) is 2.50. The topological polar surface area (TPSA) is 42.4 Å². The Labute approximate surface area is 122 Å². The maximum atomic E-state index is 6.11. The maximum Gasteiger partial charge on any atom is 0.122 e. The number of furan rings is 1. The Morgan fingerprint density at radius 2 is 2.00 bits per heavy atom. The summed E-state index contributed by atoms with van der Waals surface area (Å²) in [6, 6.07) is 4.58. The molecule has 3 atom stereocenters. The van der Waals surface area contributed by atoms with E-state index < -0.39 is 0 Å². The lowest BCUT2D eigenvalue weighted by molar-refractivity contribution is 0.0864. The SMILES string of the molecule is CC1CC1c1ccc(C(CN)N2CCC(C)(C)CC2)o1. The number of nitrogens with zero attached hydrogens (tertiary/aromatic N) is 1. The summed E-state index contributed by atoms with van der Waals surface area (Å²) in [5.41, 5.74) is 6.51. The van der Waals surface area contributed by atoms with E-state index in [4.69, 9.17) is 10.2 Å². The summed E-state index contributed by atoms with van der Waals surface area (Å²) in [5, 5.41) is 0. The summed E-state index contributed by atoms with van der Waals surface area (Å²) in [6.45, 7) is 9.92. The molecule has 0 radical (unpaired) electrons. The van der Waals surface area contributed by atoms with Crippen LogP contribution in [0.5, 0.6) is 0 Å². The summed E-state index contributed by atoms with van der Waals surface area (Å²) in [5.74, 6) is 3.69. The average molecular weight is 276 g/mol. The van der Waals surface area contributed by atoms with Crippen molar-refractivity contribution in [2.45, 2.75) is 52.0 Å². The van der Waals surface area contributed by atoms with E-state index in [1.165, 1.54) is 25.0 Å². The maximum absolute atomic E-state index is 6.11. The second-order valence-corrected chi connectivity index (χ2v) is 7.51. The molecule has 2 N–H and O–H groups in total. The molecule has 3 nitrogen and oxygen atoms in total. The number of piperidine rings is 1. The lowest BCUT2D eigenvalue weighted by Crippen LogP contribution is -2.42. The molecule has 1 aromatic heterocycles. The van der Waals surface area contributed by atoms with Crippen molar-refractivity contribution in [1.29, 1.82) is 0 Å². The Bertz CT molecular complexity index is 455. The molecule has 3 heteroatoms. The molecule has 1 aromatic rings. The molecule has 20 heavy (non-hydrogen) atoms. The molecular weight excluding hydrogens is 248 g/mol. The van der Waals surface area contributed by atoms with Crippen molar-refractivity contribution in [3.8, 4) is 0 Å². The number of rotatable bonds is 4. The monoisotopic (exact) mass is 276 g/mol. The van der Waals surface area contributed by atoms with Gasteiger partial charge in [-0.05, 0) is 55.8 Å². The molecule has 1 saturated heterocycles. The number of nitrogens with two attached hydrogens (primary N) is 1. The van der Waals surface area contributed by atoms with Gasteiger partial charge in [0.05, 0.1) is 6.04 Å². The van der Waals surface area contributed by atoms with E-state index >= 15 is 0 Å². The summed E-state index contributed by atoms with van der Waals surface area (Å²) in [7, 11) is 0. The van der Waals surface area contributed by atoms with Crippen LogP contribution in [0.15, 0.2) is 16.5 Å². The second kappa shape index (κ2) is 5.19. The lowest BCUT2D eigenvalue weighted by atomic mass is 9.82. The van der Waals surface area contributed by atoms with Gasteiger partial charge in [-0.3, -0.25) is 4.90 Å². The molecule has 2 heterocycles. The standard InChI is InChI=1S/C17H28N2O/c1-12-10-13(12)15-4-5-16(20-15)14(11-18)19-8-6-17(2,3)7-9-19/h4-5,12-14H,6-11,18H2,1-3H3. The fourth-order valence-corrected chi connectivity index (χ4v) is 3.35. The Kier molecular flexibility index (Phi) is 3.67. The molecule has 112 valence electrons. The van der Waals surface area contributed by atoms with Gasteiger partial charge < -0.3 is 10.2 Å². The largest absolute Gasteiger partial charge is 0.464 e. The Morgan fingerprint density at radius 1 is 1.35 bits per heavy atom. The minimum Gasteiger partial charge on any atom is -0.464 e. The van der Waals surface area contributed by atoms with Crippen LogP contribution in [0.25, 0.3) is 0 Å². The predicted octanol–water partition coefficient (Wildman–Crippen LogP) is 3.52. The smallest absolute Gasteiger partial charge is 0.122 e. The number of hydrogen-bond acceptors (Lipinski definition) is 3. The van der Waals surface area contributed by atoms with Crippen LogP contribution in [0.1, 0.15) is 63.5 Å². The van der Waals surface area contributed by atoms with Crippen LogP contribution < -0.4 is 5.73 Å². The molecule has 3 rings (SSSR count). The van der Waals surface area contributed by atoms with Crippen LogP contribution in [-0.2, 0) is 0 Å². The average Bonchev–Trinajstić information content (AvgIpc) is 2.95. The van der Waals surface area contributed by atoms with Gasteiger partial charge in [0.15, 0.2) is 0 Å². The quantitative estimate of drug-likeness (QED) is 0.915. The van der Waals surface area contributed by atoms with Gasteiger partial charge in [-0.25, -0.2) is 0 Å². The molecule has 1 aliphatic carbocycles. The lowest BCUT2D eigenvalue weighted by Gasteiger charge is -2.40. The minimum absolute atomic E-state index is 0.258. The Balaban J connectivity index is 1.68. The number of likely N-dealkylation sites (tertiary alicyclic amines) is 1. The van der Waals surface area contributed by atoms with Gasteiger partial charge in [0.1, 0.15) is 11.5 Å². The van der Waals surface area contributed by atoms with E-state index in [0.717, 1.165) is 24.8 Å². The molecule has 0 bridgehead atoms. The van der Waals surface area contributed by atoms with Crippen molar-refractivity contribution in [2.24, 2.45) is 17.1 Å². The molecule has 1 aliphatic heterocycles. The van der Waals surface area contributed by atoms with Crippen molar-refractivity contribution in [3.05, 3.63) is 23.7 Å². The van der Waals surface area contributed by atoms with Crippen LogP contribution in [0.2, 0.25) is 0 Å². The first kappa shape index (κ1) is 14.2. The van der Waals surface area contributed by atoms with Crippen molar-refractivity contribution < 1.29 is 4.42 Å². The highest BCUT2D eigenvalue weighted by Crippen LogP contribution is 2.48. The highest BCUT2D eigenvalue weighted by Gasteiger charge is 2.37. The van der Waals surface area contributed by atoms with Gasteiger partial charge in [-0.15, -0.1) is 0 Å². The highest BCUT2D eigenvalue weighted by molar-refractivity contribution is 5.19. The van der Waals surface area contributed by atoms with Gasteiger partial charge in [0, 0.05) is 12.5 Å². The predicted molar refractivity (Wildman–Crippen MR) is 81.6 cm³/mol. The van der Waals surface area contributed by atoms with E-state index in [2.05, 4.69) is 37.8 Å². The summed E-state index contributed by atoms with van der Waals surface area (Å²) < 4.78 is 6.11. The van der Waals surface area contributed by atoms with Gasteiger partial charge in [-0.2, -0.15) is 0 Å². The van der Waals surface area contributed by atoms with E-state index in [1.54, 1.807) is 0 Å². The molecular formula is C17H28N2O. The third-order valence-electron chi connectivity index (χ3n) is 5.27. The number of hydrogen-bond donors (Lipinski definition) is 1. The fraction of sp³-hybridized carbons (Fsp3) is 0.765. The first-order valence-corrected chi connectivity index (χ1v) is 8.04. The summed E-state index contributed by atoms with van der Waals surface area (Å²) in [6.07, 6.45) is 3.77. The van der Waals surface area contributed by atoms with Crippen molar-refractivity contribution in [2.75, 3.05) is 19.6 Å². The normalized spacial score (nSPS) is 31.2. The summed E-state index contributed by atoms with van der Waals surface area (Å²) >= 11 is 0. The van der Waals surface area contributed by atoms with Gasteiger partial charge in [-0.1, -0.05) is 20.8 Å². The fourth-order valence-electron chi connectivity index (χ4n) is 3.35. The van der Waals surface area contributed by atoms with Crippen molar-refractivity contribution >= 4 is 0 Å².